The number of likely N-dealkylation sites (N-methyl/N-ethyl adjacent to an activating group) is 1. The van der Waals surface area contributed by atoms with E-state index in [9.17, 15) is 0 Å². The van der Waals surface area contributed by atoms with Gasteiger partial charge >= 0.3 is 0 Å². The van der Waals surface area contributed by atoms with Gasteiger partial charge < -0.3 is 10.6 Å². The predicted molar refractivity (Wildman–Crippen MR) is 66.3 cm³/mol. The van der Waals surface area contributed by atoms with Gasteiger partial charge in [-0.2, -0.15) is 0 Å². The Hall–Kier alpha value is -0.120. The first-order valence-corrected chi connectivity index (χ1v) is 6.94. The van der Waals surface area contributed by atoms with E-state index in [2.05, 4.69) is 16.8 Å². The van der Waals surface area contributed by atoms with Crippen molar-refractivity contribution in [3.63, 3.8) is 0 Å². The summed E-state index contributed by atoms with van der Waals surface area (Å²) in [6, 6.07) is 1.48. The number of rotatable bonds is 4. The van der Waals surface area contributed by atoms with Crippen LogP contribution in [0, 0.1) is 11.8 Å². The average Bonchev–Trinajstić information content (AvgIpc) is 3.06. The fourth-order valence-electron chi connectivity index (χ4n) is 3.88. The molecule has 2 aliphatic heterocycles. The minimum Gasteiger partial charge on any atom is -0.329 e. The van der Waals surface area contributed by atoms with Crippen molar-refractivity contribution in [2.24, 2.45) is 17.6 Å². The van der Waals surface area contributed by atoms with E-state index in [1.54, 1.807) is 0 Å². The molecule has 3 heteroatoms. The lowest BCUT2D eigenvalue weighted by Gasteiger charge is -2.41. The quantitative estimate of drug-likeness (QED) is 0.763. The van der Waals surface area contributed by atoms with Gasteiger partial charge in [-0.25, -0.2) is 0 Å². The van der Waals surface area contributed by atoms with Gasteiger partial charge in [0.2, 0.25) is 0 Å². The van der Waals surface area contributed by atoms with E-state index in [4.69, 9.17) is 5.73 Å². The lowest BCUT2D eigenvalue weighted by molar-refractivity contribution is 0.0804. The van der Waals surface area contributed by atoms with Gasteiger partial charge in [-0.1, -0.05) is 0 Å². The molecule has 3 rings (SSSR count). The van der Waals surface area contributed by atoms with Gasteiger partial charge in [0.1, 0.15) is 0 Å². The molecule has 3 fully saturated rings. The Kier molecular flexibility index (Phi) is 2.94. The lowest BCUT2D eigenvalue weighted by Crippen LogP contribution is -2.51. The summed E-state index contributed by atoms with van der Waals surface area (Å²) in [6.45, 7) is 4.85. The summed E-state index contributed by atoms with van der Waals surface area (Å²) in [5, 5.41) is 0. The zero-order chi connectivity index (χ0) is 11.1. The third-order valence-electron chi connectivity index (χ3n) is 5.05. The molecule has 2 bridgehead atoms. The number of hydrogen-bond acceptors (Lipinski definition) is 3. The summed E-state index contributed by atoms with van der Waals surface area (Å²) < 4.78 is 0. The van der Waals surface area contributed by atoms with Crippen LogP contribution in [0.5, 0.6) is 0 Å². The van der Waals surface area contributed by atoms with Crippen LogP contribution < -0.4 is 5.73 Å². The van der Waals surface area contributed by atoms with E-state index in [1.165, 1.54) is 45.3 Å². The Morgan fingerprint density at radius 2 is 2.00 bits per heavy atom. The Morgan fingerprint density at radius 1 is 1.25 bits per heavy atom. The number of fused-ring (bicyclic) bond motifs is 2. The first kappa shape index (κ1) is 11.0. The molecule has 0 radical (unpaired) electrons. The second kappa shape index (κ2) is 4.28. The standard InChI is InChI=1S/C13H25N3/c1-15(13(8-14)10-2-3-10)12-5-7-16-6-4-11(12)9-16/h10-13H,2-9,14H2,1H3. The van der Waals surface area contributed by atoms with Gasteiger partial charge in [0.05, 0.1) is 0 Å². The lowest BCUT2D eigenvalue weighted by atomic mass is 9.91. The molecule has 1 aliphatic carbocycles. The smallest absolute Gasteiger partial charge is 0.0246 e. The molecule has 0 aromatic carbocycles. The highest BCUT2D eigenvalue weighted by Gasteiger charge is 2.41. The molecule has 2 saturated heterocycles. The molecule has 2 heterocycles. The highest BCUT2D eigenvalue weighted by atomic mass is 15.2. The summed E-state index contributed by atoms with van der Waals surface area (Å²) in [5.41, 5.74) is 5.97. The predicted octanol–water partition coefficient (Wildman–Crippen LogP) is 0.750. The second-order valence-corrected chi connectivity index (χ2v) is 6.01. The molecule has 92 valence electrons. The number of hydrogen-bond donors (Lipinski definition) is 1. The SMILES string of the molecule is CN(C(CN)C1CC1)C1CCN2CCC1C2. The third kappa shape index (κ3) is 1.89. The molecule has 3 aliphatic rings. The summed E-state index contributed by atoms with van der Waals surface area (Å²) in [4.78, 5) is 5.27. The average molecular weight is 223 g/mol. The first-order valence-electron chi connectivity index (χ1n) is 6.94. The molecule has 16 heavy (non-hydrogen) atoms. The molecule has 0 spiro atoms. The van der Waals surface area contributed by atoms with E-state index in [0.29, 0.717) is 6.04 Å². The van der Waals surface area contributed by atoms with Crippen LogP contribution in [-0.2, 0) is 0 Å². The van der Waals surface area contributed by atoms with Gasteiger partial charge in [-0.05, 0) is 57.7 Å². The van der Waals surface area contributed by atoms with Crippen LogP contribution in [-0.4, -0.2) is 55.1 Å². The molecule has 0 aromatic rings. The Morgan fingerprint density at radius 3 is 2.69 bits per heavy atom. The number of nitrogens with zero attached hydrogens (tertiary/aromatic N) is 2. The maximum Gasteiger partial charge on any atom is 0.0246 e. The van der Waals surface area contributed by atoms with E-state index >= 15 is 0 Å². The van der Waals surface area contributed by atoms with Crippen LogP contribution in [0.3, 0.4) is 0 Å². The summed E-state index contributed by atoms with van der Waals surface area (Å²) in [6.07, 6.45) is 5.60. The topological polar surface area (TPSA) is 32.5 Å². The van der Waals surface area contributed by atoms with Gasteiger partial charge in [0.15, 0.2) is 0 Å². The highest BCUT2D eigenvalue weighted by Crippen LogP contribution is 2.38. The van der Waals surface area contributed by atoms with Gasteiger partial charge in [0, 0.05) is 25.2 Å². The normalized spacial score (nSPS) is 40.3. The van der Waals surface area contributed by atoms with Crippen LogP contribution in [0.15, 0.2) is 0 Å². The first-order chi connectivity index (χ1) is 7.79. The fraction of sp³-hybridized carbons (Fsp3) is 1.00. The van der Waals surface area contributed by atoms with Crippen LogP contribution in [0.4, 0.5) is 0 Å². The van der Waals surface area contributed by atoms with Gasteiger partial charge in [-0.15, -0.1) is 0 Å². The molecule has 4 unspecified atom stereocenters. The number of piperidine rings is 1. The maximum absolute atomic E-state index is 5.97. The van der Waals surface area contributed by atoms with E-state index in [-0.39, 0.29) is 0 Å². The molecular weight excluding hydrogens is 198 g/mol. The monoisotopic (exact) mass is 223 g/mol. The highest BCUT2D eigenvalue weighted by molar-refractivity contribution is 4.96. The van der Waals surface area contributed by atoms with Crippen molar-refractivity contribution >= 4 is 0 Å². The molecule has 1 saturated carbocycles. The second-order valence-electron chi connectivity index (χ2n) is 6.01. The molecule has 2 N–H and O–H groups in total. The zero-order valence-electron chi connectivity index (χ0n) is 10.4. The minimum absolute atomic E-state index is 0.664. The van der Waals surface area contributed by atoms with E-state index in [1.807, 2.05) is 0 Å². The minimum atomic E-state index is 0.664. The molecule has 0 aromatic heterocycles. The van der Waals surface area contributed by atoms with Gasteiger partial charge in [0.25, 0.3) is 0 Å². The van der Waals surface area contributed by atoms with Crippen molar-refractivity contribution in [3.8, 4) is 0 Å². The van der Waals surface area contributed by atoms with Crippen molar-refractivity contribution in [1.29, 1.82) is 0 Å². The summed E-state index contributed by atoms with van der Waals surface area (Å²) >= 11 is 0. The van der Waals surface area contributed by atoms with E-state index < -0.39 is 0 Å². The van der Waals surface area contributed by atoms with Crippen molar-refractivity contribution in [1.82, 2.24) is 9.80 Å². The molecular formula is C13H25N3. The van der Waals surface area contributed by atoms with Gasteiger partial charge in [-0.3, -0.25) is 4.90 Å². The van der Waals surface area contributed by atoms with Crippen molar-refractivity contribution < 1.29 is 0 Å². The third-order valence-corrected chi connectivity index (χ3v) is 5.05. The Labute approximate surface area is 99.0 Å². The summed E-state index contributed by atoms with van der Waals surface area (Å²) in [5.74, 6) is 1.83. The zero-order valence-corrected chi connectivity index (χ0v) is 10.4. The van der Waals surface area contributed by atoms with Crippen LogP contribution in [0.25, 0.3) is 0 Å². The maximum atomic E-state index is 5.97. The molecule has 4 atom stereocenters. The van der Waals surface area contributed by atoms with Crippen LogP contribution >= 0.6 is 0 Å². The largest absolute Gasteiger partial charge is 0.329 e. The van der Waals surface area contributed by atoms with Crippen molar-refractivity contribution in [2.45, 2.75) is 37.8 Å². The molecule has 3 nitrogen and oxygen atoms in total. The summed E-state index contributed by atoms with van der Waals surface area (Å²) in [7, 11) is 2.33. The fourth-order valence-corrected chi connectivity index (χ4v) is 3.88. The molecule has 0 amide bonds. The van der Waals surface area contributed by atoms with E-state index in [0.717, 1.165) is 24.4 Å². The van der Waals surface area contributed by atoms with Crippen molar-refractivity contribution in [3.05, 3.63) is 0 Å². The number of nitrogens with two attached hydrogens (primary N) is 1. The Bertz CT molecular complexity index is 252. The van der Waals surface area contributed by atoms with Crippen LogP contribution in [0.1, 0.15) is 25.7 Å². The Balaban J connectivity index is 1.66. The van der Waals surface area contributed by atoms with Crippen molar-refractivity contribution in [2.75, 3.05) is 33.2 Å². The van der Waals surface area contributed by atoms with Crippen LogP contribution in [0.2, 0.25) is 0 Å².